The quantitative estimate of drug-likeness (QED) is 0.801. The zero-order chi connectivity index (χ0) is 13.1. The molecule has 0 saturated heterocycles. The highest BCUT2D eigenvalue weighted by molar-refractivity contribution is 9.10. The number of rotatable bonds is 3. The summed E-state index contributed by atoms with van der Waals surface area (Å²) >= 11 is 15.1. The number of hydrogen-bond donors (Lipinski definition) is 1. The number of nitrogen functional groups attached to an aromatic ring is 1. The van der Waals surface area contributed by atoms with Crippen molar-refractivity contribution in [2.24, 2.45) is 0 Å². The standard InChI is InChI=1S/C13H10BrCl2NO/c14-11-5-9(15)3-4-13(11)18-7-8-1-2-10(16)6-12(8)17/h1-6H,7,17H2. The van der Waals surface area contributed by atoms with Gasteiger partial charge >= 0.3 is 0 Å². The second-order valence-corrected chi connectivity index (χ2v) is 5.43. The second kappa shape index (κ2) is 5.83. The van der Waals surface area contributed by atoms with Gasteiger partial charge < -0.3 is 10.5 Å². The molecule has 18 heavy (non-hydrogen) atoms. The molecule has 0 saturated carbocycles. The minimum Gasteiger partial charge on any atom is -0.488 e. The topological polar surface area (TPSA) is 35.2 Å². The molecule has 2 aromatic rings. The van der Waals surface area contributed by atoms with Gasteiger partial charge in [0.2, 0.25) is 0 Å². The average Bonchev–Trinajstić information content (AvgIpc) is 2.30. The summed E-state index contributed by atoms with van der Waals surface area (Å²) in [6.45, 7) is 0.378. The van der Waals surface area contributed by atoms with Crippen molar-refractivity contribution in [1.82, 2.24) is 0 Å². The Labute approximate surface area is 124 Å². The average molecular weight is 347 g/mol. The van der Waals surface area contributed by atoms with Crippen LogP contribution in [0.1, 0.15) is 5.56 Å². The van der Waals surface area contributed by atoms with Crippen LogP contribution in [0.3, 0.4) is 0 Å². The highest BCUT2D eigenvalue weighted by atomic mass is 79.9. The summed E-state index contributed by atoms with van der Waals surface area (Å²) in [5.41, 5.74) is 7.36. The third-order valence-corrected chi connectivity index (χ3v) is 3.47. The van der Waals surface area contributed by atoms with Crippen molar-refractivity contribution in [2.75, 3.05) is 5.73 Å². The van der Waals surface area contributed by atoms with Gasteiger partial charge in [0.25, 0.3) is 0 Å². The largest absolute Gasteiger partial charge is 0.488 e. The van der Waals surface area contributed by atoms with Crippen molar-refractivity contribution >= 4 is 44.8 Å². The van der Waals surface area contributed by atoms with E-state index >= 15 is 0 Å². The zero-order valence-electron chi connectivity index (χ0n) is 9.29. The first kappa shape index (κ1) is 13.5. The van der Waals surface area contributed by atoms with Crippen LogP contribution in [0, 0.1) is 0 Å². The Balaban J connectivity index is 2.11. The van der Waals surface area contributed by atoms with Crippen LogP contribution in [0.15, 0.2) is 40.9 Å². The molecule has 0 fully saturated rings. The summed E-state index contributed by atoms with van der Waals surface area (Å²) in [6, 6.07) is 10.7. The van der Waals surface area contributed by atoms with Crippen molar-refractivity contribution < 1.29 is 4.74 Å². The van der Waals surface area contributed by atoms with E-state index in [4.69, 9.17) is 33.7 Å². The van der Waals surface area contributed by atoms with Crippen molar-refractivity contribution in [1.29, 1.82) is 0 Å². The first-order chi connectivity index (χ1) is 8.56. The van der Waals surface area contributed by atoms with Crippen LogP contribution in [-0.4, -0.2) is 0 Å². The lowest BCUT2D eigenvalue weighted by Gasteiger charge is -2.10. The lowest BCUT2D eigenvalue weighted by atomic mass is 10.2. The number of anilines is 1. The molecule has 0 aromatic heterocycles. The summed E-state index contributed by atoms with van der Waals surface area (Å²) in [7, 11) is 0. The molecule has 0 amide bonds. The van der Waals surface area contributed by atoms with Crippen LogP contribution in [0.2, 0.25) is 10.0 Å². The van der Waals surface area contributed by atoms with E-state index in [-0.39, 0.29) is 0 Å². The summed E-state index contributed by atoms with van der Waals surface area (Å²) in [4.78, 5) is 0. The molecule has 0 spiro atoms. The van der Waals surface area contributed by atoms with Crippen molar-refractivity contribution in [3.05, 3.63) is 56.5 Å². The van der Waals surface area contributed by atoms with E-state index in [0.717, 1.165) is 10.0 Å². The lowest BCUT2D eigenvalue weighted by molar-refractivity contribution is 0.305. The van der Waals surface area contributed by atoms with Crippen LogP contribution in [-0.2, 0) is 6.61 Å². The molecule has 94 valence electrons. The summed E-state index contributed by atoms with van der Waals surface area (Å²) in [6.07, 6.45) is 0. The van der Waals surface area contributed by atoms with Gasteiger partial charge in [0, 0.05) is 21.3 Å². The van der Waals surface area contributed by atoms with Gasteiger partial charge in [-0.2, -0.15) is 0 Å². The monoisotopic (exact) mass is 345 g/mol. The highest BCUT2D eigenvalue weighted by Crippen LogP contribution is 2.29. The third kappa shape index (κ3) is 3.31. The van der Waals surface area contributed by atoms with E-state index < -0.39 is 0 Å². The first-order valence-corrected chi connectivity index (χ1v) is 6.73. The molecule has 2 rings (SSSR count). The fraction of sp³-hybridized carbons (Fsp3) is 0.0769. The minimum atomic E-state index is 0.378. The molecule has 0 aliphatic carbocycles. The maximum atomic E-state index is 5.86. The van der Waals surface area contributed by atoms with Gasteiger partial charge in [-0.05, 0) is 46.3 Å². The van der Waals surface area contributed by atoms with Crippen LogP contribution < -0.4 is 10.5 Å². The second-order valence-electron chi connectivity index (χ2n) is 3.71. The zero-order valence-corrected chi connectivity index (χ0v) is 12.4. The maximum Gasteiger partial charge on any atom is 0.134 e. The number of halogens is 3. The Morgan fingerprint density at radius 3 is 2.39 bits per heavy atom. The molecule has 2 nitrogen and oxygen atoms in total. The van der Waals surface area contributed by atoms with Gasteiger partial charge in [-0.3, -0.25) is 0 Å². The maximum absolute atomic E-state index is 5.86. The summed E-state index contributed by atoms with van der Waals surface area (Å²) < 4.78 is 6.48. The molecular weight excluding hydrogens is 337 g/mol. The first-order valence-electron chi connectivity index (χ1n) is 5.18. The molecule has 0 aliphatic heterocycles. The van der Waals surface area contributed by atoms with Gasteiger partial charge in [-0.25, -0.2) is 0 Å². The molecule has 0 radical (unpaired) electrons. The van der Waals surface area contributed by atoms with E-state index in [1.54, 1.807) is 30.3 Å². The minimum absolute atomic E-state index is 0.378. The molecule has 2 N–H and O–H groups in total. The van der Waals surface area contributed by atoms with Crippen LogP contribution >= 0.6 is 39.1 Å². The number of nitrogens with two attached hydrogens (primary N) is 1. The van der Waals surface area contributed by atoms with Crippen molar-refractivity contribution in [3.8, 4) is 5.75 Å². The normalized spacial score (nSPS) is 10.4. The van der Waals surface area contributed by atoms with Crippen LogP contribution in [0.4, 0.5) is 5.69 Å². The van der Waals surface area contributed by atoms with Crippen LogP contribution in [0.25, 0.3) is 0 Å². The Morgan fingerprint density at radius 1 is 1.06 bits per heavy atom. The molecule has 0 unspecified atom stereocenters. The smallest absolute Gasteiger partial charge is 0.134 e. The fourth-order valence-electron chi connectivity index (χ4n) is 1.45. The molecular formula is C13H10BrCl2NO. The van der Waals surface area contributed by atoms with E-state index in [1.807, 2.05) is 6.07 Å². The molecule has 0 bridgehead atoms. The SMILES string of the molecule is Nc1cc(Cl)ccc1COc1ccc(Cl)cc1Br. The molecule has 2 aromatic carbocycles. The van der Waals surface area contributed by atoms with E-state index in [9.17, 15) is 0 Å². The Kier molecular flexibility index (Phi) is 4.38. The van der Waals surface area contributed by atoms with Gasteiger partial charge in [-0.15, -0.1) is 0 Å². The van der Waals surface area contributed by atoms with Gasteiger partial charge in [0.1, 0.15) is 12.4 Å². The van der Waals surface area contributed by atoms with Gasteiger partial charge in [0.15, 0.2) is 0 Å². The Bertz CT molecular complexity index is 523. The number of ether oxygens (including phenoxy) is 1. The molecule has 0 heterocycles. The van der Waals surface area contributed by atoms with Crippen molar-refractivity contribution in [3.63, 3.8) is 0 Å². The molecule has 0 atom stereocenters. The van der Waals surface area contributed by atoms with E-state index in [1.165, 1.54) is 0 Å². The predicted octanol–water partition coefficient (Wildman–Crippen LogP) is 4.92. The predicted molar refractivity (Wildman–Crippen MR) is 79.3 cm³/mol. The van der Waals surface area contributed by atoms with E-state index in [0.29, 0.717) is 28.1 Å². The number of hydrogen-bond acceptors (Lipinski definition) is 2. The Hall–Kier alpha value is -0.900. The van der Waals surface area contributed by atoms with E-state index in [2.05, 4.69) is 15.9 Å². The summed E-state index contributed by atoms with van der Waals surface area (Å²) in [5.74, 6) is 0.716. The number of benzene rings is 2. The van der Waals surface area contributed by atoms with Crippen LogP contribution in [0.5, 0.6) is 5.75 Å². The summed E-state index contributed by atoms with van der Waals surface area (Å²) in [5, 5.41) is 1.27. The van der Waals surface area contributed by atoms with Gasteiger partial charge in [-0.1, -0.05) is 29.3 Å². The van der Waals surface area contributed by atoms with Crippen molar-refractivity contribution in [2.45, 2.75) is 6.61 Å². The molecule has 5 heteroatoms. The molecule has 0 aliphatic rings. The lowest BCUT2D eigenvalue weighted by Crippen LogP contribution is -2.00. The third-order valence-electron chi connectivity index (χ3n) is 2.39. The fourth-order valence-corrected chi connectivity index (χ4v) is 2.42. The highest BCUT2D eigenvalue weighted by Gasteiger charge is 2.05. The van der Waals surface area contributed by atoms with Gasteiger partial charge in [0.05, 0.1) is 4.47 Å². The Morgan fingerprint density at radius 2 is 1.72 bits per heavy atom.